The second-order valence-corrected chi connectivity index (χ2v) is 4.85. The largest absolute Gasteiger partial charge is 0.266 e. The molecule has 19 heavy (non-hydrogen) atoms. The summed E-state index contributed by atoms with van der Waals surface area (Å²) in [5, 5.41) is 2.44. The summed E-state index contributed by atoms with van der Waals surface area (Å²) in [5.41, 5.74) is 1.25. The fourth-order valence-electron chi connectivity index (χ4n) is 2.43. The van der Waals surface area contributed by atoms with E-state index in [9.17, 15) is 8.78 Å². The lowest BCUT2D eigenvalue weighted by atomic mass is 9.91. The van der Waals surface area contributed by atoms with Crippen LogP contribution in [0, 0.1) is 5.92 Å². The van der Waals surface area contributed by atoms with Gasteiger partial charge in [0.1, 0.15) is 0 Å². The quantitative estimate of drug-likeness (QED) is 0.658. The molecule has 2 rings (SSSR count). The third-order valence-electron chi connectivity index (χ3n) is 3.57. The zero-order valence-electron chi connectivity index (χ0n) is 11.1. The lowest BCUT2D eigenvalue weighted by Gasteiger charge is -2.14. The van der Waals surface area contributed by atoms with Crippen molar-refractivity contribution < 1.29 is 8.78 Å². The Hall–Kier alpha value is -1.70. The Morgan fingerprint density at radius 1 is 1.11 bits per heavy atom. The van der Waals surface area contributed by atoms with Gasteiger partial charge in [-0.2, -0.15) is 8.78 Å². The van der Waals surface area contributed by atoms with Gasteiger partial charge in [-0.25, -0.2) is 0 Å². The molecule has 2 aromatic rings. The maximum absolute atomic E-state index is 12.2. The van der Waals surface area contributed by atoms with Crippen LogP contribution >= 0.6 is 0 Å². The van der Waals surface area contributed by atoms with Crippen molar-refractivity contribution in [1.29, 1.82) is 0 Å². The van der Waals surface area contributed by atoms with E-state index >= 15 is 0 Å². The van der Waals surface area contributed by atoms with Gasteiger partial charge in [-0.3, -0.25) is 0 Å². The monoisotopic (exact) mass is 260 g/mol. The highest BCUT2D eigenvalue weighted by Crippen LogP contribution is 2.24. The van der Waals surface area contributed by atoms with Crippen LogP contribution < -0.4 is 0 Å². The van der Waals surface area contributed by atoms with Gasteiger partial charge in [0, 0.05) is 0 Å². The zero-order chi connectivity index (χ0) is 13.7. The second kappa shape index (κ2) is 6.46. The van der Waals surface area contributed by atoms with E-state index in [0.717, 1.165) is 18.9 Å². The molecule has 2 heteroatoms. The highest BCUT2D eigenvalue weighted by molar-refractivity contribution is 5.85. The predicted molar refractivity (Wildman–Crippen MR) is 76.3 cm³/mol. The van der Waals surface area contributed by atoms with Crippen molar-refractivity contribution in [3.05, 3.63) is 60.2 Å². The molecule has 2 aromatic carbocycles. The number of rotatable bonds is 5. The van der Waals surface area contributed by atoms with E-state index in [-0.39, 0.29) is 5.92 Å². The van der Waals surface area contributed by atoms with Gasteiger partial charge in [0.25, 0.3) is 6.08 Å². The molecule has 0 nitrogen and oxygen atoms in total. The first-order valence-electron chi connectivity index (χ1n) is 6.68. The smallest absolute Gasteiger partial charge is 0.174 e. The number of fused-ring (bicyclic) bond motifs is 1. The van der Waals surface area contributed by atoms with Gasteiger partial charge >= 0.3 is 0 Å². The molecule has 0 radical (unpaired) electrons. The van der Waals surface area contributed by atoms with Crippen LogP contribution in [0.3, 0.4) is 0 Å². The van der Waals surface area contributed by atoms with Crippen LogP contribution in [0.4, 0.5) is 8.78 Å². The SMILES string of the molecule is CCC(CC=C(F)F)Cc1cccc2ccccc12. The van der Waals surface area contributed by atoms with Crippen molar-refractivity contribution in [1.82, 2.24) is 0 Å². The maximum atomic E-state index is 12.2. The molecule has 0 aromatic heterocycles. The molecule has 0 amide bonds. The van der Waals surface area contributed by atoms with Crippen LogP contribution in [0.25, 0.3) is 10.8 Å². The molecular formula is C17H18F2. The molecule has 0 saturated heterocycles. The van der Waals surface area contributed by atoms with E-state index in [4.69, 9.17) is 0 Å². The third kappa shape index (κ3) is 3.63. The average Bonchev–Trinajstić information content (AvgIpc) is 2.43. The molecule has 0 spiro atoms. The van der Waals surface area contributed by atoms with Crippen LogP contribution in [0.1, 0.15) is 25.3 Å². The number of hydrogen-bond acceptors (Lipinski definition) is 0. The molecule has 1 atom stereocenters. The van der Waals surface area contributed by atoms with Gasteiger partial charge in [0.05, 0.1) is 0 Å². The van der Waals surface area contributed by atoms with Crippen LogP contribution in [0.15, 0.2) is 54.6 Å². The Kier molecular flexibility index (Phi) is 4.67. The fourth-order valence-corrected chi connectivity index (χ4v) is 2.43. The molecule has 0 aliphatic carbocycles. The molecule has 0 aliphatic rings. The minimum absolute atomic E-state index is 0.271. The van der Waals surface area contributed by atoms with E-state index in [0.29, 0.717) is 6.42 Å². The molecule has 0 fully saturated rings. The summed E-state index contributed by atoms with van der Waals surface area (Å²) in [6.45, 7) is 2.06. The first-order valence-corrected chi connectivity index (χ1v) is 6.68. The molecule has 0 bridgehead atoms. The minimum Gasteiger partial charge on any atom is -0.174 e. The van der Waals surface area contributed by atoms with Crippen LogP contribution in [0.2, 0.25) is 0 Å². The van der Waals surface area contributed by atoms with Crippen molar-refractivity contribution in [2.24, 2.45) is 5.92 Å². The molecule has 0 aliphatic heterocycles. The normalized spacial score (nSPS) is 12.4. The lowest BCUT2D eigenvalue weighted by molar-refractivity contribution is 0.408. The maximum Gasteiger partial charge on any atom is 0.266 e. The summed E-state index contributed by atoms with van der Waals surface area (Å²) in [5.74, 6) is 0.271. The molecule has 0 saturated carbocycles. The van der Waals surface area contributed by atoms with E-state index < -0.39 is 6.08 Å². The molecule has 0 heterocycles. The van der Waals surface area contributed by atoms with Gasteiger partial charge in [0.2, 0.25) is 0 Å². The minimum atomic E-state index is -1.57. The Labute approximate surface area is 112 Å². The van der Waals surface area contributed by atoms with Crippen molar-refractivity contribution in [2.75, 3.05) is 0 Å². The summed E-state index contributed by atoms with van der Waals surface area (Å²) >= 11 is 0. The Bertz CT molecular complexity index is 563. The number of allylic oxidation sites excluding steroid dienone is 1. The van der Waals surface area contributed by atoms with Gasteiger partial charge in [-0.15, -0.1) is 0 Å². The fraction of sp³-hybridized carbons (Fsp3) is 0.294. The summed E-state index contributed by atoms with van der Waals surface area (Å²) in [6, 6.07) is 14.4. The average molecular weight is 260 g/mol. The highest BCUT2D eigenvalue weighted by atomic mass is 19.3. The van der Waals surface area contributed by atoms with Crippen molar-refractivity contribution in [2.45, 2.75) is 26.2 Å². The molecular weight excluding hydrogens is 242 g/mol. The summed E-state index contributed by atoms with van der Waals surface area (Å²) < 4.78 is 24.4. The summed E-state index contributed by atoms with van der Waals surface area (Å²) in [4.78, 5) is 0. The standard InChI is InChI=1S/C17H18F2/c1-2-13(10-11-17(18)19)12-15-8-5-7-14-6-3-4-9-16(14)15/h3-9,11,13H,2,10,12H2,1H3. The van der Waals surface area contributed by atoms with Crippen LogP contribution in [-0.4, -0.2) is 0 Å². The van der Waals surface area contributed by atoms with E-state index in [1.165, 1.54) is 16.3 Å². The Balaban J connectivity index is 2.22. The van der Waals surface area contributed by atoms with Gasteiger partial charge in [0.15, 0.2) is 0 Å². The molecule has 1 unspecified atom stereocenters. The van der Waals surface area contributed by atoms with Crippen LogP contribution in [0.5, 0.6) is 0 Å². The summed E-state index contributed by atoms with van der Waals surface area (Å²) in [6.07, 6.45) is 1.67. The first-order chi connectivity index (χ1) is 9.20. The Morgan fingerprint density at radius 2 is 1.84 bits per heavy atom. The van der Waals surface area contributed by atoms with Crippen molar-refractivity contribution in [3.8, 4) is 0 Å². The van der Waals surface area contributed by atoms with Crippen LogP contribution in [-0.2, 0) is 6.42 Å². The second-order valence-electron chi connectivity index (χ2n) is 4.85. The van der Waals surface area contributed by atoms with Gasteiger partial charge in [-0.05, 0) is 41.2 Å². The molecule has 100 valence electrons. The number of halogens is 2. The van der Waals surface area contributed by atoms with E-state index in [1.807, 2.05) is 18.2 Å². The summed E-state index contributed by atoms with van der Waals surface area (Å²) in [7, 11) is 0. The Morgan fingerprint density at radius 3 is 2.58 bits per heavy atom. The lowest BCUT2D eigenvalue weighted by Crippen LogP contribution is -2.02. The van der Waals surface area contributed by atoms with Gasteiger partial charge < -0.3 is 0 Å². The first kappa shape index (κ1) is 13.7. The highest BCUT2D eigenvalue weighted by Gasteiger charge is 2.09. The van der Waals surface area contributed by atoms with Crippen molar-refractivity contribution in [3.63, 3.8) is 0 Å². The number of hydrogen-bond donors (Lipinski definition) is 0. The zero-order valence-corrected chi connectivity index (χ0v) is 11.1. The third-order valence-corrected chi connectivity index (χ3v) is 3.57. The molecule has 0 N–H and O–H groups in total. The number of benzene rings is 2. The van der Waals surface area contributed by atoms with E-state index in [2.05, 4.69) is 31.2 Å². The topological polar surface area (TPSA) is 0 Å². The van der Waals surface area contributed by atoms with E-state index in [1.54, 1.807) is 0 Å². The predicted octanol–water partition coefficient (Wildman–Crippen LogP) is 5.58. The van der Waals surface area contributed by atoms with Gasteiger partial charge in [-0.1, -0.05) is 55.8 Å². The van der Waals surface area contributed by atoms with Crippen molar-refractivity contribution >= 4 is 10.8 Å².